The zero-order valence-corrected chi connectivity index (χ0v) is 14.2. The molecule has 0 saturated heterocycles. The van der Waals surface area contributed by atoms with Crippen LogP contribution in [0.5, 0.6) is 0 Å². The minimum Gasteiger partial charge on any atom is -0.444 e. The van der Waals surface area contributed by atoms with Gasteiger partial charge in [0.1, 0.15) is 5.60 Å². The van der Waals surface area contributed by atoms with E-state index in [0.717, 1.165) is 18.7 Å². The molecular formula is C14H25N3O3S. The summed E-state index contributed by atoms with van der Waals surface area (Å²) in [6, 6.07) is -0.200. The molecule has 1 N–H and O–H groups in total. The van der Waals surface area contributed by atoms with E-state index in [1.165, 1.54) is 0 Å². The van der Waals surface area contributed by atoms with Crippen molar-refractivity contribution in [2.45, 2.75) is 52.3 Å². The maximum atomic E-state index is 11.8. The topological polar surface area (TPSA) is 73.2 Å². The molecule has 1 amide bonds. The minimum absolute atomic E-state index is 0.200. The molecule has 0 aromatic carbocycles. The van der Waals surface area contributed by atoms with Crippen molar-refractivity contribution in [1.29, 1.82) is 0 Å². The van der Waals surface area contributed by atoms with Crippen LogP contribution in [0.2, 0.25) is 0 Å². The number of carbonyl (C=O) groups excluding carboxylic acids is 1. The molecule has 0 radical (unpaired) electrons. The highest BCUT2D eigenvalue weighted by Gasteiger charge is 2.19. The van der Waals surface area contributed by atoms with E-state index in [4.69, 9.17) is 4.74 Å². The quantitative estimate of drug-likeness (QED) is 0.873. The lowest BCUT2D eigenvalue weighted by atomic mass is 10.2. The van der Waals surface area contributed by atoms with Gasteiger partial charge in [-0.25, -0.2) is 9.78 Å². The molecule has 21 heavy (non-hydrogen) atoms. The first-order valence-electron chi connectivity index (χ1n) is 6.98. The number of aromatic nitrogens is 2. The SMILES string of the molecule is CC(NC(=O)OC(C)(C)C)c1cncn1CCCS(C)=O. The Kier molecular flexibility index (Phi) is 6.39. The van der Waals surface area contributed by atoms with Crippen molar-refractivity contribution >= 4 is 16.9 Å². The van der Waals surface area contributed by atoms with Gasteiger partial charge in [-0.2, -0.15) is 0 Å². The van der Waals surface area contributed by atoms with Crippen molar-refractivity contribution in [3.8, 4) is 0 Å². The minimum atomic E-state index is -0.788. The van der Waals surface area contributed by atoms with Crippen LogP contribution in [-0.4, -0.2) is 37.5 Å². The van der Waals surface area contributed by atoms with Crippen LogP contribution in [0.15, 0.2) is 12.5 Å². The van der Waals surface area contributed by atoms with Gasteiger partial charge in [0.2, 0.25) is 0 Å². The maximum absolute atomic E-state index is 11.8. The predicted molar refractivity (Wildman–Crippen MR) is 83.6 cm³/mol. The second-order valence-corrected chi connectivity index (χ2v) is 7.57. The summed E-state index contributed by atoms with van der Waals surface area (Å²) >= 11 is 0. The second kappa shape index (κ2) is 7.59. The molecule has 0 bridgehead atoms. The largest absolute Gasteiger partial charge is 0.444 e. The van der Waals surface area contributed by atoms with Crippen molar-refractivity contribution in [3.05, 3.63) is 18.2 Å². The van der Waals surface area contributed by atoms with Gasteiger partial charge in [-0.05, 0) is 34.1 Å². The van der Waals surface area contributed by atoms with Crippen LogP contribution in [0, 0.1) is 0 Å². The van der Waals surface area contributed by atoms with E-state index in [0.29, 0.717) is 5.75 Å². The third-order valence-electron chi connectivity index (χ3n) is 2.75. The van der Waals surface area contributed by atoms with Gasteiger partial charge in [-0.15, -0.1) is 0 Å². The number of amides is 1. The summed E-state index contributed by atoms with van der Waals surface area (Å²) in [4.78, 5) is 15.9. The molecule has 2 unspecified atom stereocenters. The van der Waals surface area contributed by atoms with E-state index >= 15 is 0 Å². The predicted octanol–water partition coefficient (Wildman–Crippen LogP) is 2.24. The Balaban J connectivity index is 2.58. The van der Waals surface area contributed by atoms with Crippen molar-refractivity contribution in [1.82, 2.24) is 14.9 Å². The van der Waals surface area contributed by atoms with E-state index in [2.05, 4.69) is 10.3 Å². The molecule has 0 aliphatic carbocycles. The molecule has 1 heterocycles. The van der Waals surface area contributed by atoms with Crippen molar-refractivity contribution in [2.24, 2.45) is 0 Å². The molecule has 0 saturated carbocycles. The Morgan fingerprint density at radius 2 is 2.19 bits per heavy atom. The number of ether oxygens (including phenoxy) is 1. The van der Waals surface area contributed by atoms with Gasteiger partial charge in [0.15, 0.2) is 0 Å². The lowest BCUT2D eigenvalue weighted by Gasteiger charge is -2.22. The lowest BCUT2D eigenvalue weighted by molar-refractivity contribution is 0.0506. The average molecular weight is 315 g/mol. The highest BCUT2D eigenvalue weighted by atomic mass is 32.2. The van der Waals surface area contributed by atoms with E-state index in [9.17, 15) is 9.00 Å². The number of nitrogens with one attached hydrogen (secondary N) is 1. The van der Waals surface area contributed by atoms with Crippen molar-refractivity contribution in [3.63, 3.8) is 0 Å². The summed E-state index contributed by atoms with van der Waals surface area (Å²) in [6.45, 7) is 8.09. The number of carbonyl (C=O) groups is 1. The zero-order valence-electron chi connectivity index (χ0n) is 13.4. The first-order valence-corrected chi connectivity index (χ1v) is 8.71. The van der Waals surface area contributed by atoms with Crippen molar-refractivity contribution in [2.75, 3.05) is 12.0 Å². The molecule has 0 aliphatic rings. The zero-order chi connectivity index (χ0) is 16.0. The number of alkyl carbamates (subject to hydrolysis) is 1. The van der Waals surface area contributed by atoms with E-state index < -0.39 is 22.5 Å². The third-order valence-corrected chi connectivity index (χ3v) is 3.62. The highest BCUT2D eigenvalue weighted by molar-refractivity contribution is 7.84. The monoisotopic (exact) mass is 315 g/mol. The van der Waals surface area contributed by atoms with Crippen LogP contribution in [0.1, 0.15) is 45.9 Å². The van der Waals surface area contributed by atoms with E-state index in [-0.39, 0.29) is 6.04 Å². The van der Waals surface area contributed by atoms with Crippen LogP contribution >= 0.6 is 0 Å². The number of imidazole rings is 1. The summed E-state index contributed by atoms with van der Waals surface area (Å²) < 4.78 is 18.3. The number of aryl methyl sites for hydroxylation is 1. The Morgan fingerprint density at radius 3 is 2.76 bits per heavy atom. The van der Waals surface area contributed by atoms with Gasteiger partial charge in [0.25, 0.3) is 0 Å². The maximum Gasteiger partial charge on any atom is 0.408 e. The normalized spacial score (nSPS) is 14.5. The Hall–Kier alpha value is -1.37. The smallest absolute Gasteiger partial charge is 0.408 e. The van der Waals surface area contributed by atoms with Gasteiger partial charge in [0.05, 0.1) is 24.3 Å². The lowest BCUT2D eigenvalue weighted by Crippen LogP contribution is -2.34. The number of rotatable bonds is 6. The first kappa shape index (κ1) is 17.7. The molecule has 120 valence electrons. The molecule has 0 spiro atoms. The fourth-order valence-corrected chi connectivity index (χ4v) is 2.41. The summed E-state index contributed by atoms with van der Waals surface area (Å²) in [7, 11) is -0.788. The van der Waals surface area contributed by atoms with Crippen LogP contribution in [0.3, 0.4) is 0 Å². The molecule has 1 aromatic rings. The Morgan fingerprint density at radius 1 is 1.52 bits per heavy atom. The molecule has 0 aliphatic heterocycles. The molecular weight excluding hydrogens is 290 g/mol. The van der Waals surface area contributed by atoms with E-state index in [1.54, 1.807) is 18.8 Å². The first-order chi connectivity index (χ1) is 9.69. The summed E-state index contributed by atoms with van der Waals surface area (Å²) in [6.07, 6.45) is 5.51. The number of nitrogens with zero attached hydrogens (tertiary/aromatic N) is 2. The molecule has 2 atom stereocenters. The number of hydrogen-bond acceptors (Lipinski definition) is 4. The van der Waals surface area contributed by atoms with Gasteiger partial charge in [-0.1, -0.05) is 0 Å². The summed E-state index contributed by atoms with van der Waals surface area (Å²) in [5, 5.41) is 2.80. The van der Waals surface area contributed by atoms with Gasteiger partial charge >= 0.3 is 6.09 Å². The van der Waals surface area contributed by atoms with Crippen LogP contribution < -0.4 is 5.32 Å². The molecule has 6 nitrogen and oxygen atoms in total. The molecule has 1 aromatic heterocycles. The fraction of sp³-hybridized carbons (Fsp3) is 0.714. The van der Waals surface area contributed by atoms with E-state index in [1.807, 2.05) is 32.3 Å². The standard InChI is InChI=1S/C14H25N3O3S/c1-11(16-13(18)20-14(2,3)4)12-9-15-10-17(12)7-6-8-21(5)19/h9-11H,6-8H2,1-5H3,(H,16,18). The molecule has 7 heteroatoms. The fourth-order valence-electron chi connectivity index (χ4n) is 1.87. The summed E-state index contributed by atoms with van der Waals surface area (Å²) in [5.74, 6) is 0.658. The molecule has 1 rings (SSSR count). The van der Waals surface area contributed by atoms with Crippen molar-refractivity contribution < 1.29 is 13.7 Å². The van der Waals surface area contributed by atoms with Gasteiger partial charge < -0.3 is 14.6 Å². The van der Waals surface area contributed by atoms with Gasteiger partial charge in [0, 0.05) is 29.4 Å². The Labute approximate surface area is 128 Å². The van der Waals surface area contributed by atoms with Crippen LogP contribution in [0.4, 0.5) is 4.79 Å². The number of hydrogen-bond donors (Lipinski definition) is 1. The highest BCUT2D eigenvalue weighted by Crippen LogP contribution is 2.14. The second-order valence-electron chi connectivity index (χ2n) is 6.01. The Bertz CT molecular complexity index is 494. The van der Waals surface area contributed by atoms with Gasteiger partial charge in [-0.3, -0.25) is 4.21 Å². The summed E-state index contributed by atoms with van der Waals surface area (Å²) in [5.41, 5.74) is 0.387. The average Bonchev–Trinajstić information content (AvgIpc) is 2.73. The molecule has 0 fully saturated rings. The van der Waals surface area contributed by atoms with Crippen LogP contribution in [0.25, 0.3) is 0 Å². The van der Waals surface area contributed by atoms with Crippen LogP contribution in [-0.2, 0) is 22.1 Å². The third kappa shape index (κ3) is 6.75.